The molecule has 0 aromatic rings. The summed E-state index contributed by atoms with van der Waals surface area (Å²) in [4.78, 5) is 38.2. The van der Waals surface area contributed by atoms with E-state index in [0.717, 1.165) is 0 Å². The van der Waals surface area contributed by atoms with Crippen molar-refractivity contribution >= 4 is 98.3 Å². The largest absolute Gasteiger partial charge is 0.478 e. The van der Waals surface area contributed by atoms with Gasteiger partial charge in [-0.25, -0.2) is 19.2 Å². The first-order valence-electron chi connectivity index (χ1n) is 3.96. The molecule has 0 saturated carbocycles. The van der Waals surface area contributed by atoms with Crippen molar-refractivity contribution in [2.75, 3.05) is 0 Å². The maximum absolute atomic E-state index is 9.55. The van der Waals surface area contributed by atoms with Crippen LogP contribution in [0.15, 0.2) is 24.3 Å². The molecule has 144 valence electrons. The fourth-order valence-corrected chi connectivity index (χ4v) is 0.285. The van der Waals surface area contributed by atoms with E-state index in [4.69, 9.17) is 20.4 Å². The molecule has 29 heavy (non-hydrogen) atoms. The minimum Gasteiger partial charge on any atom is -0.478 e. The second-order valence-electron chi connectivity index (χ2n) is 2.07. The average molecular weight is 2290 g/mol. The van der Waals surface area contributed by atoms with Gasteiger partial charge in [-0.05, 0) is 0 Å². The number of carboxylic acids is 4. The first-order valence-corrected chi connectivity index (χ1v) is 22.8. The van der Waals surface area contributed by atoms with E-state index in [9.17, 15) is 19.2 Å². The topological polar surface area (TPSA) is 149 Å². The van der Waals surface area contributed by atoms with Gasteiger partial charge in [0.2, 0.25) is 0 Å². The van der Waals surface area contributed by atoms with Gasteiger partial charge in [0, 0.05) is 192 Å². The summed E-state index contributed by atoms with van der Waals surface area (Å²) < 4.78 is 0. The Labute approximate surface area is 298 Å². The van der Waals surface area contributed by atoms with Crippen LogP contribution < -0.4 is 13.3 Å². The van der Waals surface area contributed by atoms with Crippen LogP contribution >= 0.6 is 74.5 Å². The predicted octanol–water partition coefficient (Wildman–Crippen LogP) is -0.0396. The van der Waals surface area contributed by atoms with Crippen LogP contribution in [0.4, 0.5) is 0 Å². The van der Waals surface area contributed by atoms with E-state index >= 15 is 0 Å². The molecular weight excluding hydrogens is 2280 g/mol. The minimum absolute atomic E-state index is 0. The number of hydrogen-bond donors (Lipinski definition) is 4. The van der Waals surface area contributed by atoms with Gasteiger partial charge in [-0.15, -0.1) is 0 Å². The van der Waals surface area contributed by atoms with E-state index in [-0.39, 0.29) is 131 Å². The van der Waals surface area contributed by atoms with Crippen molar-refractivity contribution in [3.63, 3.8) is 0 Å². The second kappa shape index (κ2) is 70.0. The summed E-state index contributed by atoms with van der Waals surface area (Å²) in [6.07, 6.45) is 2.23. The third kappa shape index (κ3) is 170. The normalized spacial score (nSPS) is 6.21. The number of aliphatic carboxylic acids is 4. The second-order valence-corrected chi connectivity index (χ2v) is 18.3. The Morgan fingerprint density at radius 3 is 0.621 bits per heavy atom. The van der Waals surface area contributed by atoms with Crippen LogP contribution in [0.2, 0.25) is 0 Å². The van der Waals surface area contributed by atoms with Gasteiger partial charge in [0.15, 0.2) is 0 Å². The summed E-state index contributed by atoms with van der Waals surface area (Å²) >= 11 is 9.54. The SMILES string of the molecule is II.I[I-]I.O=C(O)/C=C/C(=O)O.O=C(O)/C=C\C(=O)O.[Rf].[Rf].[Rf].[Rf].[Y].[Y].[Y].[Y]. The molecule has 4 radical (unpaired) electrons. The van der Waals surface area contributed by atoms with Gasteiger partial charge in [0.1, 0.15) is 0 Å². The number of carbonyl (C=O) groups is 4. The zero-order valence-corrected chi connectivity index (χ0v) is 62.5. The van der Waals surface area contributed by atoms with Crippen molar-refractivity contribution in [2.24, 2.45) is 0 Å². The molecule has 0 aliphatic heterocycles. The van der Waals surface area contributed by atoms with E-state index in [2.05, 4.69) is 74.5 Å². The van der Waals surface area contributed by atoms with Crippen molar-refractivity contribution in [1.29, 1.82) is 0 Å². The molecule has 4 N–H and O–H groups in total. The van der Waals surface area contributed by atoms with Gasteiger partial charge in [0.25, 0.3) is 0 Å². The molecule has 0 amide bonds. The monoisotopic (exact) mass is 2290 g/mol. The third-order valence-electron chi connectivity index (χ3n) is 0.737. The maximum Gasteiger partial charge on any atom is 0.328 e. The number of hydrogen-bond acceptors (Lipinski definition) is 4. The molecule has 0 aliphatic rings. The molecule has 21 heteroatoms. The molecule has 0 aromatic heterocycles. The van der Waals surface area contributed by atoms with Crippen molar-refractivity contribution in [3.05, 3.63) is 24.3 Å². The molecule has 0 bridgehead atoms. The Morgan fingerprint density at radius 1 is 0.517 bits per heavy atom. The molecular formula is C8H8I5O8Rf4Y4-. The van der Waals surface area contributed by atoms with E-state index in [1.165, 1.54) is 0 Å². The fraction of sp³-hybridized carbons (Fsp3) is 0. The predicted molar refractivity (Wildman–Crippen MR) is 105 cm³/mol. The van der Waals surface area contributed by atoms with Gasteiger partial charge < -0.3 is 20.4 Å². The average Bonchev–Trinajstić information content (AvgIpc) is 2.38. The Kier molecular flexibility index (Phi) is 187. The van der Waals surface area contributed by atoms with E-state index in [1.807, 2.05) is 0 Å². The molecule has 8 nitrogen and oxygen atoms in total. The molecule has 0 fully saturated rings. The summed E-state index contributed by atoms with van der Waals surface area (Å²) in [5.74, 6) is -5.03. The first kappa shape index (κ1) is 77.6. The van der Waals surface area contributed by atoms with Crippen molar-refractivity contribution in [1.82, 2.24) is 0 Å². The minimum atomic E-state index is -1.26. The van der Waals surface area contributed by atoms with Crippen molar-refractivity contribution in [3.8, 4) is 0 Å². The third-order valence-corrected chi connectivity index (χ3v) is 0.737. The Balaban J connectivity index is -0.0000000133. The molecule has 0 aromatic carbocycles. The summed E-state index contributed by atoms with van der Waals surface area (Å²) in [5, 5.41) is 31.2. The van der Waals surface area contributed by atoms with Crippen LogP contribution in [0.3, 0.4) is 0 Å². The molecule has 0 rings (SSSR count). The van der Waals surface area contributed by atoms with E-state index in [0.29, 0.717) is 37.6 Å². The van der Waals surface area contributed by atoms with Crippen LogP contribution in [-0.2, 0) is 150 Å². The molecule has 0 saturated heterocycles. The quantitative estimate of drug-likeness (QED) is 0.227. The summed E-state index contributed by atoms with van der Waals surface area (Å²) in [7, 11) is 0. The van der Waals surface area contributed by atoms with Crippen LogP contribution in [0.25, 0.3) is 0 Å². The maximum atomic E-state index is 9.55. The molecule has 0 atom stereocenters. The number of halogens is 5. The Morgan fingerprint density at radius 2 is 0.586 bits per heavy atom. The van der Waals surface area contributed by atoms with E-state index in [1.54, 1.807) is 0 Å². The van der Waals surface area contributed by atoms with Gasteiger partial charge >= 0.3 is 74.4 Å². The molecule has 0 spiro atoms. The van der Waals surface area contributed by atoms with Crippen molar-refractivity contribution < 1.29 is 184 Å². The Bertz CT molecular complexity index is 334. The summed E-state index contributed by atoms with van der Waals surface area (Å²) in [6, 6.07) is 0. The van der Waals surface area contributed by atoms with Gasteiger partial charge in [-0.1, -0.05) is 0 Å². The Hall–Kier alpha value is 1.43. The van der Waals surface area contributed by atoms with Crippen LogP contribution in [0, 0.1) is 0 Å². The summed E-state index contributed by atoms with van der Waals surface area (Å²) in [6.45, 7) is 0. The van der Waals surface area contributed by atoms with Gasteiger partial charge in [0.05, 0.1) is 0 Å². The van der Waals surface area contributed by atoms with Crippen molar-refractivity contribution in [2.45, 2.75) is 0 Å². The number of carboxylic acid groups (broad SMARTS) is 4. The fourth-order valence-electron chi connectivity index (χ4n) is 0.285. The smallest absolute Gasteiger partial charge is 0.328 e. The van der Waals surface area contributed by atoms with E-state index < -0.39 is 23.9 Å². The zero-order valence-electron chi connectivity index (χ0n) is 14.8. The first-order chi connectivity index (χ1) is 9.67. The van der Waals surface area contributed by atoms with Gasteiger partial charge in [-0.3, -0.25) is 0 Å². The van der Waals surface area contributed by atoms with Crippen LogP contribution in [-0.4, -0.2) is 44.3 Å². The van der Waals surface area contributed by atoms with Crippen LogP contribution in [0.1, 0.15) is 0 Å². The summed E-state index contributed by atoms with van der Waals surface area (Å²) in [5.41, 5.74) is 0. The zero-order chi connectivity index (χ0) is 17.8. The van der Waals surface area contributed by atoms with Gasteiger partial charge in [-0.2, -0.15) is 0 Å². The molecule has 0 unspecified atom stereocenters. The molecule has 0 aliphatic carbocycles. The number of rotatable bonds is 4. The standard InChI is InChI=1S/2C4H4O4.I3.I2.4Rf.4Y/c2*5-3(6)1-2-4(7)8;1-3-2;1-2;;;;;;;;/h2*1-2H,(H,5,6)(H,7,8);;;;;;;;;;/q;;-1;;;;;;;;;/b2-1+;2-1-;;;;;;;;;;. The van der Waals surface area contributed by atoms with Crippen LogP contribution in [0.5, 0.6) is 0 Å². The molecule has 0 heterocycles.